The average molecular weight is 330 g/mol. The summed E-state index contributed by atoms with van der Waals surface area (Å²) in [4.78, 5) is 0. The largest absolute Gasteiger partial charge is 0.312 e. The van der Waals surface area contributed by atoms with E-state index >= 15 is 0 Å². The maximum absolute atomic E-state index is 13.0. The van der Waals surface area contributed by atoms with Gasteiger partial charge in [-0.25, -0.2) is 4.39 Å². The average Bonchev–Trinajstić information content (AvgIpc) is 2.32. The van der Waals surface area contributed by atoms with Gasteiger partial charge in [-0.3, -0.25) is 0 Å². The van der Waals surface area contributed by atoms with Crippen molar-refractivity contribution in [3.8, 4) is 0 Å². The highest BCUT2D eigenvalue weighted by Gasteiger charge is 2.16. The third-order valence-corrected chi connectivity index (χ3v) is 4.13. The topological polar surface area (TPSA) is 12.0 Å². The Bertz CT molecular complexity index is 390. The van der Waals surface area contributed by atoms with Gasteiger partial charge in [-0.05, 0) is 29.5 Å². The SMILES string of the molecule is CCCCCC(C)(C)CNCc1ccc(F)cc1Br. The van der Waals surface area contributed by atoms with Crippen LogP contribution in [0.15, 0.2) is 22.7 Å². The Labute approximate surface area is 125 Å². The fourth-order valence-electron chi connectivity index (χ4n) is 2.14. The summed E-state index contributed by atoms with van der Waals surface area (Å²) in [6.45, 7) is 8.60. The van der Waals surface area contributed by atoms with Crippen LogP contribution in [0, 0.1) is 11.2 Å². The number of hydrogen-bond acceptors (Lipinski definition) is 1. The molecule has 0 spiro atoms. The molecule has 1 aromatic rings. The van der Waals surface area contributed by atoms with E-state index in [1.165, 1.54) is 37.8 Å². The van der Waals surface area contributed by atoms with Crippen molar-refractivity contribution in [1.29, 1.82) is 0 Å². The van der Waals surface area contributed by atoms with E-state index in [0.717, 1.165) is 23.1 Å². The molecule has 3 heteroatoms. The Kier molecular flexibility index (Phi) is 7.01. The van der Waals surface area contributed by atoms with Gasteiger partial charge in [-0.2, -0.15) is 0 Å². The molecule has 0 saturated heterocycles. The molecule has 0 atom stereocenters. The zero-order valence-corrected chi connectivity index (χ0v) is 13.8. The molecule has 0 aromatic heterocycles. The summed E-state index contributed by atoms with van der Waals surface area (Å²) in [5.74, 6) is -0.199. The van der Waals surface area contributed by atoms with Gasteiger partial charge >= 0.3 is 0 Å². The van der Waals surface area contributed by atoms with Crippen molar-refractivity contribution in [2.24, 2.45) is 5.41 Å². The molecule has 0 aliphatic rings. The molecule has 0 aliphatic heterocycles. The van der Waals surface area contributed by atoms with Crippen molar-refractivity contribution in [2.45, 2.75) is 53.0 Å². The molecule has 0 bridgehead atoms. The molecule has 0 unspecified atom stereocenters. The van der Waals surface area contributed by atoms with Crippen molar-refractivity contribution < 1.29 is 4.39 Å². The molecule has 0 aliphatic carbocycles. The molecule has 19 heavy (non-hydrogen) atoms. The van der Waals surface area contributed by atoms with Crippen LogP contribution in [-0.2, 0) is 6.54 Å². The van der Waals surface area contributed by atoms with E-state index in [9.17, 15) is 4.39 Å². The summed E-state index contributed by atoms with van der Waals surface area (Å²) in [6, 6.07) is 4.86. The lowest BCUT2D eigenvalue weighted by Crippen LogP contribution is -2.29. The fraction of sp³-hybridized carbons (Fsp3) is 0.625. The highest BCUT2D eigenvalue weighted by molar-refractivity contribution is 9.10. The van der Waals surface area contributed by atoms with Gasteiger partial charge in [-0.1, -0.05) is 62.0 Å². The summed E-state index contributed by atoms with van der Waals surface area (Å²) < 4.78 is 13.8. The molecular weight excluding hydrogens is 305 g/mol. The number of hydrogen-bond donors (Lipinski definition) is 1. The van der Waals surface area contributed by atoms with Crippen LogP contribution < -0.4 is 5.32 Å². The molecule has 0 saturated carbocycles. The van der Waals surface area contributed by atoms with Crippen molar-refractivity contribution in [3.05, 3.63) is 34.1 Å². The highest BCUT2D eigenvalue weighted by atomic mass is 79.9. The molecular formula is C16H25BrFN. The van der Waals surface area contributed by atoms with Crippen LogP contribution in [0.3, 0.4) is 0 Å². The second kappa shape index (κ2) is 8.01. The number of unbranched alkanes of at least 4 members (excludes halogenated alkanes) is 2. The molecule has 108 valence electrons. The fourth-order valence-corrected chi connectivity index (χ4v) is 2.63. The Balaban J connectivity index is 2.36. The second-order valence-electron chi connectivity index (χ2n) is 5.96. The smallest absolute Gasteiger partial charge is 0.124 e. The summed E-state index contributed by atoms with van der Waals surface area (Å²) in [7, 11) is 0. The second-order valence-corrected chi connectivity index (χ2v) is 6.81. The first-order valence-electron chi connectivity index (χ1n) is 7.09. The number of benzene rings is 1. The minimum absolute atomic E-state index is 0.199. The monoisotopic (exact) mass is 329 g/mol. The van der Waals surface area contributed by atoms with Crippen LogP contribution in [0.2, 0.25) is 0 Å². The Hall–Kier alpha value is -0.410. The summed E-state index contributed by atoms with van der Waals surface area (Å²) in [6.07, 6.45) is 5.13. The van der Waals surface area contributed by atoms with Crippen molar-refractivity contribution in [1.82, 2.24) is 5.32 Å². The summed E-state index contributed by atoms with van der Waals surface area (Å²) in [5.41, 5.74) is 1.42. The highest BCUT2D eigenvalue weighted by Crippen LogP contribution is 2.23. The first-order chi connectivity index (χ1) is 8.94. The third kappa shape index (κ3) is 6.53. The van der Waals surface area contributed by atoms with Gasteiger partial charge in [0.15, 0.2) is 0 Å². The third-order valence-electron chi connectivity index (χ3n) is 3.39. The standard InChI is InChI=1S/C16H25BrFN/c1-4-5-6-9-16(2,3)12-19-11-13-7-8-14(18)10-15(13)17/h7-8,10,19H,4-6,9,11-12H2,1-3H3. The van der Waals surface area contributed by atoms with Gasteiger partial charge in [0, 0.05) is 17.6 Å². The van der Waals surface area contributed by atoms with Crippen molar-refractivity contribution in [3.63, 3.8) is 0 Å². The maximum atomic E-state index is 13.0. The number of nitrogens with one attached hydrogen (secondary N) is 1. The van der Waals surface area contributed by atoms with E-state index < -0.39 is 0 Å². The van der Waals surface area contributed by atoms with Crippen LogP contribution in [0.1, 0.15) is 52.0 Å². The van der Waals surface area contributed by atoms with Gasteiger partial charge < -0.3 is 5.32 Å². The molecule has 0 fully saturated rings. The first-order valence-corrected chi connectivity index (χ1v) is 7.88. The lowest BCUT2D eigenvalue weighted by molar-refractivity contribution is 0.302. The quantitative estimate of drug-likeness (QED) is 0.639. The Morgan fingerprint density at radius 2 is 2.00 bits per heavy atom. The lowest BCUT2D eigenvalue weighted by atomic mass is 9.87. The minimum atomic E-state index is -0.199. The Morgan fingerprint density at radius 1 is 1.26 bits per heavy atom. The van der Waals surface area contributed by atoms with Gasteiger partial charge in [-0.15, -0.1) is 0 Å². The Morgan fingerprint density at radius 3 is 2.63 bits per heavy atom. The molecule has 1 aromatic carbocycles. The molecule has 1 nitrogen and oxygen atoms in total. The predicted molar refractivity (Wildman–Crippen MR) is 83.7 cm³/mol. The van der Waals surface area contributed by atoms with Crippen molar-refractivity contribution in [2.75, 3.05) is 6.54 Å². The van der Waals surface area contributed by atoms with Crippen LogP contribution in [0.4, 0.5) is 4.39 Å². The molecule has 1 rings (SSSR count). The zero-order valence-electron chi connectivity index (χ0n) is 12.2. The van der Waals surface area contributed by atoms with Crippen LogP contribution in [-0.4, -0.2) is 6.54 Å². The van der Waals surface area contributed by atoms with Crippen LogP contribution in [0.5, 0.6) is 0 Å². The minimum Gasteiger partial charge on any atom is -0.312 e. The van der Waals surface area contributed by atoms with E-state index in [0.29, 0.717) is 5.41 Å². The van der Waals surface area contributed by atoms with Gasteiger partial charge in [0.25, 0.3) is 0 Å². The normalized spacial score (nSPS) is 11.8. The molecule has 0 amide bonds. The molecule has 0 radical (unpaired) electrons. The number of halogens is 2. The van der Waals surface area contributed by atoms with Gasteiger partial charge in [0.05, 0.1) is 0 Å². The first kappa shape index (κ1) is 16.6. The summed E-state index contributed by atoms with van der Waals surface area (Å²) >= 11 is 3.40. The molecule has 0 heterocycles. The zero-order chi connectivity index (χ0) is 14.3. The maximum Gasteiger partial charge on any atom is 0.124 e. The number of rotatable bonds is 8. The summed E-state index contributed by atoms with van der Waals surface area (Å²) in [5, 5.41) is 3.48. The van der Waals surface area contributed by atoms with Gasteiger partial charge in [0.1, 0.15) is 5.82 Å². The van der Waals surface area contributed by atoms with E-state index in [4.69, 9.17) is 0 Å². The van der Waals surface area contributed by atoms with Gasteiger partial charge in [0.2, 0.25) is 0 Å². The van der Waals surface area contributed by atoms with E-state index in [2.05, 4.69) is 42.0 Å². The molecule has 1 N–H and O–H groups in total. The predicted octanol–water partition coefficient (Wildman–Crippen LogP) is 5.28. The van der Waals surface area contributed by atoms with Crippen LogP contribution >= 0.6 is 15.9 Å². The van der Waals surface area contributed by atoms with Crippen LogP contribution in [0.25, 0.3) is 0 Å². The lowest BCUT2D eigenvalue weighted by Gasteiger charge is -2.25. The van der Waals surface area contributed by atoms with E-state index in [1.54, 1.807) is 0 Å². The van der Waals surface area contributed by atoms with E-state index in [-0.39, 0.29) is 5.82 Å². The van der Waals surface area contributed by atoms with Crippen molar-refractivity contribution >= 4 is 15.9 Å². The van der Waals surface area contributed by atoms with E-state index in [1.807, 2.05) is 6.07 Å².